The molecule has 0 saturated heterocycles. The Balaban J connectivity index is 2.80. The minimum atomic E-state index is -0.0556. The molecule has 0 fully saturated rings. The Morgan fingerprint density at radius 2 is 1.94 bits per heavy atom. The molecule has 0 bridgehead atoms. The van der Waals surface area contributed by atoms with Gasteiger partial charge in [-0.05, 0) is 39.4 Å². The highest BCUT2D eigenvalue weighted by Gasteiger charge is 2.17. The molecule has 0 atom stereocenters. The number of aromatic nitrogens is 1. The van der Waals surface area contributed by atoms with Gasteiger partial charge in [-0.15, -0.1) is 0 Å². The molecule has 0 spiro atoms. The highest BCUT2D eigenvalue weighted by Crippen LogP contribution is 2.21. The zero-order valence-corrected chi connectivity index (χ0v) is 12.0. The number of nitrogens with zero attached hydrogens (tertiary/aromatic N) is 1. The first kappa shape index (κ1) is 14.0. The number of hydrogen-bond acceptors (Lipinski definition) is 3. The first-order chi connectivity index (χ1) is 7.87. The predicted molar refractivity (Wildman–Crippen MR) is 74.4 cm³/mol. The van der Waals surface area contributed by atoms with E-state index >= 15 is 0 Å². The van der Waals surface area contributed by atoms with E-state index < -0.39 is 0 Å². The largest absolute Gasteiger partial charge is 0.359 e. The topological polar surface area (TPSA) is 50.1 Å². The van der Waals surface area contributed by atoms with Gasteiger partial charge in [-0.25, -0.2) is 0 Å². The molecule has 5 heteroatoms. The van der Waals surface area contributed by atoms with Crippen LogP contribution in [0.1, 0.15) is 46.1 Å². The molecule has 0 unspecified atom stereocenters. The maximum atomic E-state index is 5.27. The molecule has 0 aliphatic rings. The maximum absolute atomic E-state index is 5.27. The molecule has 1 rings (SSSR count). The zero-order valence-electron chi connectivity index (χ0n) is 11.2. The Morgan fingerprint density at radius 1 is 1.29 bits per heavy atom. The molecule has 17 heavy (non-hydrogen) atoms. The van der Waals surface area contributed by atoms with Gasteiger partial charge in [0.25, 0.3) is 0 Å². The van der Waals surface area contributed by atoms with Crippen molar-refractivity contribution in [3.05, 3.63) is 11.5 Å². The van der Waals surface area contributed by atoms with Gasteiger partial charge < -0.3 is 15.2 Å². The molecule has 2 N–H and O–H groups in total. The Kier molecular flexibility index (Phi) is 4.51. The van der Waals surface area contributed by atoms with E-state index in [4.69, 9.17) is 16.7 Å². The first-order valence-electron chi connectivity index (χ1n) is 5.94. The van der Waals surface area contributed by atoms with Crippen LogP contribution >= 0.6 is 12.2 Å². The van der Waals surface area contributed by atoms with Crippen molar-refractivity contribution in [1.29, 1.82) is 0 Å². The highest BCUT2D eigenvalue weighted by atomic mass is 32.1. The second-order valence-corrected chi connectivity index (χ2v) is 5.37. The van der Waals surface area contributed by atoms with Crippen LogP contribution in [0.25, 0.3) is 0 Å². The number of nitrogens with one attached hydrogen (secondary N) is 2. The number of aryl methyl sites for hydroxylation is 2. The van der Waals surface area contributed by atoms with Crippen LogP contribution in [0, 0.1) is 0 Å². The van der Waals surface area contributed by atoms with E-state index in [0.29, 0.717) is 5.11 Å². The fourth-order valence-electron chi connectivity index (χ4n) is 1.47. The van der Waals surface area contributed by atoms with Crippen molar-refractivity contribution in [2.45, 2.75) is 53.0 Å². The molecular formula is C12H21N3OS. The third-order valence-electron chi connectivity index (χ3n) is 2.22. The van der Waals surface area contributed by atoms with Crippen molar-refractivity contribution >= 4 is 23.0 Å². The lowest BCUT2D eigenvalue weighted by molar-refractivity contribution is 0.381. The number of rotatable bonds is 3. The lowest BCUT2D eigenvalue weighted by Gasteiger charge is -2.23. The van der Waals surface area contributed by atoms with Crippen LogP contribution in [-0.4, -0.2) is 15.8 Å². The maximum Gasteiger partial charge on any atom is 0.171 e. The monoisotopic (exact) mass is 255 g/mol. The molecular weight excluding hydrogens is 234 g/mol. The second kappa shape index (κ2) is 5.49. The van der Waals surface area contributed by atoms with Gasteiger partial charge >= 0.3 is 0 Å². The fraction of sp³-hybridized carbons (Fsp3) is 0.667. The molecule has 1 heterocycles. The van der Waals surface area contributed by atoms with Gasteiger partial charge in [-0.2, -0.15) is 0 Å². The summed E-state index contributed by atoms with van der Waals surface area (Å²) in [6.07, 6.45) is 1.62. The summed E-state index contributed by atoms with van der Waals surface area (Å²) in [4.78, 5) is 0. The molecule has 0 aliphatic carbocycles. The van der Waals surface area contributed by atoms with Gasteiger partial charge in [0.2, 0.25) is 0 Å². The molecule has 0 aliphatic heterocycles. The van der Waals surface area contributed by atoms with Gasteiger partial charge in [-0.3, -0.25) is 0 Å². The summed E-state index contributed by atoms with van der Waals surface area (Å²) in [6, 6.07) is 0. The summed E-state index contributed by atoms with van der Waals surface area (Å²) >= 11 is 5.27. The van der Waals surface area contributed by atoms with Crippen molar-refractivity contribution in [2.75, 3.05) is 5.32 Å². The van der Waals surface area contributed by atoms with Crippen molar-refractivity contribution in [3.63, 3.8) is 0 Å². The molecule has 0 saturated carbocycles. The highest BCUT2D eigenvalue weighted by molar-refractivity contribution is 7.80. The van der Waals surface area contributed by atoms with Crippen LogP contribution in [0.2, 0.25) is 0 Å². The van der Waals surface area contributed by atoms with Crippen molar-refractivity contribution in [2.24, 2.45) is 0 Å². The smallest absolute Gasteiger partial charge is 0.171 e. The summed E-state index contributed by atoms with van der Waals surface area (Å²) < 4.78 is 5.27. The summed E-state index contributed by atoms with van der Waals surface area (Å²) in [6.45, 7) is 10.3. The number of anilines is 1. The van der Waals surface area contributed by atoms with Crippen molar-refractivity contribution < 1.29 is 4.52 Å². The lowest BCUT2D eigenvalue weighted by Crippen LogP contribution is -2.43. The van der Waals surface area contributed by atoms with Crippen LogP contribution in [0.5, 0.6) is 0 Å². The van der Waals surface area contributed by atoms with Gasteiger partial charge in [0.1, 0.15) is 11.4 Å². The van der Waals surface area contributed by atoms with Gasteiger partial charge in [0.15, 0.2) is 10.9 Å². The second-order valence-electron chi connectivity index (χ2n) is 4.96. The SMILES string of the molecule is CCc1noc(CC)c1NC(=S)NC(C)(C)C. The lowest BCUT2D eigenvalue weighted by atomic mass is 10.1. The normalized spacial score (nSPS) is 11.4. The van der Waals surface area contributed by atoms with Crippen molar-refractivity contribution in [3.8, 4) is 0 Å². The van der Waals surface area contributed by atoms with Crippen LogP contribution < -0.4 is 10.6 Å². The quantitative estimate of drug-likeness (QED) is 0.813. The summed E-state index contributed by atoms with van der Waals surface area (Å²) in [7, 11) is 0. The molecule has 4 nitrogen and oxygen atoms in total. The third kappa shape index (κ3) is 4.00. The Hall–Kier alpha value is -1.10. The van der Waals surface area contributed by atoms with E-state index in [9.17, 15) is 0 Å². The van der Waals surface area contributed by atoms with E-state index in [0.717, 1.165) is 30.0 Å². The van der Waals surface area contributed by atoms with Crippen molar-refractivity contribution in [1.82, 2.24) is 10.5 Å². The van der Waals surface area contributed by atoms with E-state index in [1.165, 1.54) is 0 Å². The molecule has 0 radical (unpaired) electrons. The summed E-state index contributed by atoms with van der Waals surface area (Å²) in [5.74, 6) is 0.847. The van der Waals surface area contributed by atoms with E-state index in [-0.39, 0.29) is 5.54 Å². The van der Waals surface area contributed by atoms with Gasteiger partial charge in [0, 0.05) is 12.0 Å². The number of thiocarbonyl (C=S) groups is 1. The van der Waals surface area contributed by atoms with Crippen LogP contribution in [-0.2, 0) is 12.8 Å². The van der Waals surface area contributed by atoms with Gasteiger partial charge in [-0.1, -0.05) is 19.0 Å². The molecule has 1 aromatic rings. The Morgan fingerprint density at radius 3 is 2.41 bits per heavy atom. The molecule has 96 valence electrons. The van der Waals surface area contributed by atoms with E-state index in [1.54, 1.807) is 0 Å². The Labute approximate surface area is 108 Å². The minimum Gasteiger partial charge on any atom is -0.359 e. The summed E-state index contributed by atoms with van der Waals surface area (Å²) in [5, 5.41) is 11.0. The van der Waals surface area contributed by atoms with Crippen LogP contribution in [0.3, 0.4) is 0 Å². The average molecular weight is 255 g/mol. The van der Waals surface area contributed by atoms with Crippen LogP contribution in [0.4, 0.5) is 5.69 Å². The third-order valence-corrected chi connectivity index (χ3v) is 2.42. The van der Waals surface area contributed by atoms with Crippen LogP contribution in [0.15, 0.2) is 4.52 Å². The minimum absolute atomic E-state index is 0.0556. The fourth-order valence-corrected chi connectivity index (χ4v) is 1.88. The first-order valence-corrected chi connectivity index (χ1v) is 6.34. The molecule has 1 aromatic heterocycles. The molecule has 0 aromatic carbocycles. The Bertz CT molecular complexity index is 371. The van der Waals surface area contributed by atoms with E-state index in [1.807, 2.05) is 13.8 Å². The standard InChI is InChI=1S/C12H21N3OS/c1-6-8-10(9(7-2)16-15-8)13-11(17)14-12(3,4)5/h6-7H2,1-5H3,(H2,13,14,17). The van der Waals surface area contributed by atoms with Gasteiger partial charge in [0.05, 0.1) is 0 Å². The van der Waals surface area contributed by atoms with E-state index in [2.05, 4.69) is 36.6 Å². The number of hydrogen-bond donors (Lipinski definition) is 2. The molecule has 0 amide bonds. The summed E-state index contributed by atoms with van der Waals surface area (Å²) in [5.41, 5.74) is 1.77. The zero-order chi connectivity index (χ0) is 13.1. The predicted octanol–water partition coefficient (Wildman–Crippen LogP) is 2.88. The average Bonchev–Trinajstić information content (AvgIpc) is 2.57.